The molecule has 0 atom stereocenters. The van der Waals surface area contributed by atoms with Gasteiger partial charge in [-0.05, 0) is 55.2 Å². The molecule has 0 heterocycles. The van der Waals surface area contributed by atoms with E-state index in [2.05, 4.69) is 18.2 Å². The SMILES string of the molecule is O=C(OCc1ccc2c(c1)CCCC2)C1CCC1. The molecule has 0 N–H and O–H groups in total. The molecule has 2 nitrogen and oxygen atoms in total. The molecule has 0 aliphatic heterocycles. The summed E-state index contributed by atoms with van der Waals surface area (Å²) < 4.78 is 5.38. The van der Waals surface area contributed by atoms with Crippen molar-refractivity contribution in [3.05, 3.63) is 34.9 Å². The van der Waals surface area contributed by atoms with Crippen molar-refractivity contribution in [2.75, 3.05) is 0 Å². The fourth-order valence-corrected chi connectivity index (χ4v) is 2.79. The van der Waals surface area contributed by atoms with Crippen LogP contribution in [0.5, 0.6) is 0 Å². The number of hydrogen-bond donors (Lipinski definition) is 0. The lowest BCUT2D eigenvalue weighted by atomic mass is 9.86. The van der Waals surface area contributed by atoms with E-state index in [-0.39, 0.29) is 11.9 Å². The van der Waals surface area contributed by atoms with Crippen molar-refractivity contribution < 1.29 is 9.53 Å². The number of esters is 1. The van der Waals surface area contributed by atoms with Crippen molar-refractivity contribution in [3.8, 4) is 0 Å². The molecular formula is C16H20O2. The number of benzene rings is 1. The predicted molar refractivity (Wildman–Crippen MR) is 70.2 cm³/mol. The largest absolute Gasteiger partial charge is 0.461 e. The zero-order valence-electron chi connectivity index (χ0n) is 10.8. The van der Waals surface area contributed by atoms with Crippen molar-refractivity contribution in [1.82, 2.24) is 0 Å². The van der Waals surface area contributed by atoms with Crippen molar-refractivity contribution in [2.24, 2.45) is 5.92 Å². The Balaban J connectivity index is 1.60. The molecule has 0 saturated heterocycles. The lowest BCUT2D eigenvalue weighted by Gasteiger charge is -2.23. The van der Waals surface area contributed by atoms with Gasteiger partial charge < -0.3 is 4.74 Å². The molecule has 1 saturated carbocycles. The molecule has 18 heavy (non-hydrogen) atoms. The topological polar surface area (TPSA) is 26.3 Å². The number of rotatable bonds is 3. The molecule has 2 heteroatoms. The van der Waals surface area contributed by atoms with Gasteiger partial charge >= 0.3 is 5.97 Å². The summed E-state index contributed by atoms with van der Waals surface area (Å²) in [5.41, 5.74) is 4.08. The van der Waals surface area contributed by atoms with E-state index in [0.29, 0.717) is 6.61 Å². The predicted octanol–water partition coefficient (Wildman–Crippen LogP) is 3.41. The molecule has 3 rings (SSSR count). The summed E-state index contributed by atoms with van der Waals surface area (Å²) in [5.74, 6) is 0.182. The number of aryl methyl sites for hydroxylation is 2. The van der Waals surface area contributed by atoms with E-state index in [9.17, 15) is 4.79 Å². The smallest absolute Gasteiger partial charge is 0.309 e. The third-order valence-electron chi connectivity index (χ3n) is 4.23. The summed E-state index contributed by atoms with van der Waals surface area (Å²) in [7, 11) is 0. The Hall–Kier alpha value is -1.31. The average molecular weight is 244 g/mol. The van der Waals surface area contributed by atoms with Crippen molar-refractivity contribution in [1.29, 1.82) is 0 Å². The number of ether oxygens (including phenoxy) is 1. The van der Waals surface area contributed by atoms with E-state index in [4.69, 9.17) is 4.74 Å². The van der Waals surface area contributed by atoms with E-state index < -0.39 is 0 Å². The minimum atomic E-state index is -0.000953. The highest BCUT2D eigenvalue weighted by atomic mass is 16.5. The summed E-state index contributed by atoms with van der Waals surface area (Å²) in [4.78, 5) is 11.7. The van der Waals surface area contributed by atoms with E-state index in [1.54, 1.807) is 0 Å². The van der Waals surface area contributed by atoms with Crippen LogP contribution in [0.4, 0.5) is 0 Å². The maximum absolute atomic E-state index is 11.7. The minimum absolute atomic E-state index is 0.000953. The summed E-state index contributed by atoms with van der Waals surface area (Å²) in [6.45, 7) is 0.447. The summed E-state index contributed by atoms with van der Waals surface area (Å²) >= 11 is 0. The zero-order chi connectivity index (χ0) is 12.4. The molecule has 0 radical (unpaired) electrons. The van der Waals surface area contributed by atoms with Crippen LogP contribution >= 0.6 is 0 Å². The van der Waals surface area contributed by atoms with Crippen LogP contribution in [0.3, 0.4) is 0 Å². The highest BCUT2D eigenvalue weighted by molar-refractivity contribution is 5.73. The molecule has 2 aliphatic rings. The van der Waals surface area contributed by atoms with Gasteiger partial charge in [0.2, 0.25) is 0 Å². The Morgan fingerprint density at radius 2 is 1.89 bits per heavy atom. The van der Waals surface area contributed by atoms with Gasteiger partial charge in [-0.15, -0.1) is 0 Å². The molecule has 0 unspecified atom stereocenters. The number of carbonyl (C=O) groups is 1. The van der Waals surface area contributed by atoms with Gasteiger partial charge in [-0.1, -0.05) is 24.6 Å². The van der Waals surface area contributed by atoms with Crippen LogP contribution in [0.25, 0.3) is 0 Å². The average Bonchev–Trinajstić information content (AvgIpc) is 2.34. The zero-order valence-corrected chi connectivity index (χ0v) is 10.8. The third kappa shape index (κ3) is 2.43. The van der Waals surface area contributed by atoms with Gasteiger partial charge in [-0.25, -0.2) is 0 Å². The number of hydrogen-bond acceptors (Lipinski definition) is 2. The Morgan fingerprint density at radius 3 is 2.61 bits per heavy atom. The second-order valence-electron chi connectivity index (χ2n) is 5.55. The fourth-order valence-electron chi connectivity index (χ4n) is 2.79. The monoisotopic (exact) mass is 244 g/mol. The molecule has 1 aromatic rings. The molecule has 2 aliphatic carbocycles. The molecule has 96 valence electrons. The second kappa shape index (κ2) is 5.13. The molecule has 0 amide bonds. The standard InChI is InChI=1S/C16H20O2/c17-16(14-6-3-7-14)18-11-12-8-9-13-4-1-2-5-15(13)10-12/h8-10,14H,1-7,11H2. The summed E-state index contributed by atoms with van der Waals surface area (Å²) in [6, 6.07) is 6.54. The summed E-state index contributed by atoms with van der Waals surface area (Å²) in [6.07, 6.45) is 8.20. The van der Waals surface area contributed by atoms with Crippen molar-refractivity contribution >= 4 is 5.97 Å². The van der Waals surface area contributed by atoms with Gasteiger partial charge in [0.05, 0.1) is 5.92 Å². The van der Waals surface area contributed by atoms with E-state index in [1.165, 1.54) is 43.2 Å². The molecule has 1 fully saturated rings. The first-order valence-electron chi connectivity index (χ1n) is 7.10. The fraction of sp³-hybridized carbons (Fsp3) is 0.562. The van der Waals surface area contributed by atoms with Gasteiger partial charge in [-0.3, -0.25) is 4.79 Å². The van der Waals surface area contributed by atoms with Gasteiger partial charge in [0, 0.05) is 0 Å². The lowest BCUT2D eigenvalue weighted by Crippen LogP contribution is -2.24. The van der Waals surface area contributed by atoms with Crippen LogP contribution in [0.1, 0.15) is 48.8 Å². The quantitative estimate of drug-likeness (QED) is 0.762. The molecule has 0 bridgehead atoms. The molecule has 0 spiro atoms. The second-order valence-corrected chi connectivity index (χ2v) is 5.55. The number of fused-ring (bicyclic) bond motifs is 1. The summed E-state index contributed by atoms with van der Waals surface area (Å²) in [5, 5.41) is 0. The van der Waals surface area contributed by atoms with Crippen LogP contribution in [-0.4, -0.2) is 5.97 Å². The lowest BCUT2D eigenvalue weighted by molar-refractivity contribution is -0.152. The van der Waals surface area contributed by atoms with E-state index in [1.807, 2.05) is 0 Å². The number of carbonyl (C=O) groups excluding carboxylic acids is 1. The van der Waals surface area contributed by atoms with Gasteiger partial charge in [0.1, 0.15) is 6.61 Å². The van der Waals surface area contributed by atoms with Crippen LogP contribution in [-0.2, 0) is 29.0 Å². The van der Waals surface area contributed by atoms with Crippen LogP contribution < -0.4 is 0 Å². The van der Waals surface area contributed by atoms with Crippen LogP contribution in [0.2, 0.25) is 0 Å². The normalized spacial score (nSPS) is 18.9. The highest BCUT2D eigenvalue weighted by Crippen LogP contribution is 2.28. The Morgan fingerprint density at radius 1 is 1.11 bits per heavy atom. The van der Waals surface area contributed by atoms with Gasteiger partial charge in [-0.2, -0.15) is 0 Å². The first-order chi connectivity index (χ1) is 8.83. The Labute approximate surface area is 108 Å². The first kappa shape index (κ1) is 11.8. The highest BCUT2D eigenvalue weighted by Gasteiger charge is 2.26. The first-order valence-corrected chi connectivity index (χ1v) is 7.10. The maximum atomic E-state index is 11.7. The van der Waals surface area contributed by atoms with Gasteiger partial charge in [0.15, 0.2) is 0 Å². The molecular weight excluding hydrogens is 224 g/mol. The Bertz CT molecular complexity index is 446. The van der Waals surface area contributed by atoms with Gasteiger partial charge in [0.25, 0.3) is 0 Å². The minimum Gasteiger partial charge on any atom is -0.461 e. The molecule has 0 aromatic heterocycles. The van der Waals surface area contributed by atoms with E-state index in [0.717, 1.165) is 18.4 Å². The maximum Gasteiger partial charge on any atom is 0.309 e. The van der Waals surface area contributed by atoms with E-state index >= 15 is 0 Å². The van der Waals surface area contributed by atoms with Crippen LogP contribution in [0, 0.1) is 5.92 Å². The van der Waals surface area contributed by atoms with Crippen LogP contribution in [0.15, 0.2) is 18.2 Å². The molecule has 1 aromatic carbocycles. The van der Waals surface area contributed by atoms with Crippen molar-refractivity contribution in [2.45, 2.75) is 51.6 Å². The van der Waals surface area contributed by atoms with Crippen molar-refractivity contribution in [3.63, 3.8) is 0 Å². The third-order valence-corrected chi connectivity index (χ3v) is 4.23. The Kier molecular flexibility index (Phi) is 3.35.